The number of thiophene rings is 1. The van der Waals surface area contributed by atoms with E-state index in [2.05, 4.69) is 5.32 Å². The van der Waals surface area contributed by atoms with E-state index in [0.717, 1.165) is 22.2 Å². The van der Waals surface area contributed by atoms with Gasteiger partial charge in [-0.25, -0.2) is 9.37 Å². The normalized spacial score (nSPS) is 12.8. The van der Waals surface area contributed by atoms with Crippen molar-refractivity contribution < 1.29 is 23.5 Å². The maximum absolute atomic E-state index is 14.0. The van der Waals surface area contributed by atoms with Crippen LogP contribution in [0.1, 0.15) is 17.4 Å². The van der Waals surface area contributed by atoms with E-state index in [-0.39, 0.29) is 33.3 Å². The molecule has 0 spiro atoms. The molecule has 3 heterocycles. The van der Waals surface area contributed by atoms with Crippen molar-refractivity contribution in [1.82, 2.24) is 14.5 Å². The smallest absolute Gasteiger partial charge is 0.267 e. The van der Waals surface area contributed by atoms with Crippen LogP contribution < -0.4 is 20.3 Å². The summed E-state index contributed by atoms with van der Waals surface area (Å²) in [6.45, 7) is 2.43. The average molecular weight is 603 g/mol. The van der Waals surface area contributed by atoms with E-state index in [1.54, 1.807) is 23.1 Å². The lowest BCUT2D eigenvalue weighted by atomic mass is 10.1. The van der Waals surface area contributed by atoms with Gasteiger partial charge < -0.3 is 19.7 Å². The lowest BCUT2D eigenvalue weighted by Crippen LogP contribution is -2.34. The molecule has 0 fully saturated rings. The van der Waals surface area contributed by atoms with Gasteiger partial charge in [0.1, 0.15) is 10.6 Å². The van der Waals surface area contributed by atoms with Gasteiger partial charge in [-0.3, -0.25) is 19.0 Å². The summed E-state index contributed by atoms with van der Waals surface area (Å²) in [5.41, 5.74) is 1.36. The Morgan fingerprint density at radius 2 is 1.95 bits per heavy atom. The number of methoxy groups -OCH3 is 2. The fraction of sp³-hybridized carbons (Fsp3) is 0.259. The first-order chi connectivity index (χ1) is 19.2. The number of nitrogens with one attached hydrogen (secondary N) is 1. The third-order valence-electron chi connectivity index (χ3n) is 6.45. The standard InChI is InChI=1S/C27H24ClFN4O5S2/c1-14(34)32-9-8-17-22(12-32)40-25-24(17)26(36)33(16-5-6-19(29)18(28)11-16)27(31-25)39-13-23(35)30-15-4-7-20(37-2)21(10-15)38-3/h4-7,10-11H,8-9,12-13H2,1-3H3,(H,30,35). The lowest BCUT2D eigenvalue weighted by Gasteiger charge is -2.25. The predicted molar refractivity (Wildman–Crippen MR) is 154 cm³/mol. The number of anilines is 1. The second-order valence-corrected chi connectivity index (χ2v) is 11.3. The van der Waals surface area contributed by atoms with Gasteiger partial charge in [0, 0.05) is 30.1 Å². The van der Waals surface area contributed by atoms with Gasteiger partial charge in [0.2, 0.25) is 11.8 Å². The van der Waals surface area contributed by atoms with Crippen LogP contribution in [0.5, 0.6) is 11.5 Å². The number of carbonyl (C=O) groups is 2. The Hall–Kier alpha value is -3.61. The van der Waals surface area contributed by atoms with Crippen LogP contribution in [0.25, 0.3) is 15.9 Å². The third kappa shape index (κ3) is 5.38. The molecule has 0 unspecified atom stereocenters. The number of ether oxygens (including phenoxy) is 2. The summed E-state index contributed by atoms with van der Waals surface area (Å²) < 4.78 is 25.8. The van der Waals surface area contributed by atoms with Crippen molar-refractivity contribution in [2.45, 2.75) is 25.0 Å². The Morgan fingerprint density at radius 3 is 2.65 bits per heavy atom. The fourth-order valence-corrected chi connectivity index (χ4v) is 6.75. The van der Waals surface area contributed by atoms with Crippen LogP contribution in [0.2, 0.25) is 5.02 Å². The molecule has 0 saturated carbocycles. The highest BCUT2D eigenvalue weighted by Crippen LogP contribution is 2.35. The minimum absolute atomic E-state index is 0.0360. The number of carbonyl (C=O) groups excluding carboxylic acids is 2. The van der Waals surface area contributed by atoms with E-state index in [0.29, 0.717) is 52.6 Å². The van der Waals surface area contributed by atoms with Crippen LogP contribution in [0.3, 0.4) is 0 Å². The number of amides is 2. The zero-order chi connectivity index (χ0) is 28.6. The number of halogens is 2. The molecule has 0 bridgehead atoms. The molecule has 0 radical (unpaired) electrons. The molecule has 0 aliphatic carbocycles. The Kier molecular flexibility index (Phi) is 8.02. The zero-order valence-electron chi connectivity index (χ0n) is 21.7. The maximum atomic E-state index is 14.0. The molecule has 1 aliphatic rings. The first-order valence-electron chi connectivity index (χ1n) is 12.1. The highest BCUT2D eigenvalue weighted by molar-refractivity contribution is 7.99. The largest absolute Gasteiger partial charge is 0.493 e. The van der Waals surface area contributed by atoms with Gasteiger partial charge in [0.05, 0.1) is 42.6 Å². The van der Waals surface area contributed by atoms with Gasteiger partial charge in [-0.05, 0) is 42.3 Å². The third-order valence-corrected chi connectivity index (χ3v) is 8.79. The number of hydrogen-bond acceptors (Lipinski definition) is 8. The van der Waals surface area contributed by atoms with Crippen LogP contribution in [0.4, 0.5) is 10.1 Å². The number of aromatic nitrogens is 2. The second kappa shape index (κ2) is 11.5. The molecular formula is C27H24ClFN4O5S2. The Balaban J connectivity index is 1.50. The topological polar surface area (TPSA) is 103 Å². The van der Waals surface area contributed by atoms with Gasteiger partial charge in [0.25, 0.3) is 5.56 Å². The van der Waals surface area contributed by atoms with E-state index < -0.39 is 5.82 Å². The zero-order valence-corrected chi connectivity index (χ0v) is 24.1. The summed E-state index contributed by atoms with van der Waals surface area (Å²) >= 11 is 8.48. The molecule has 13 heteroatoms. The van der Waals surface area contributed by atoms with Gasteiger partial charge in [-0.1, -0.05) is 23.4 Å². The summed E-state index contributed by atoms with van der Waals surface area (Å²) in [7, 11) is 3.02. The van der Waals surface area contributed by atoms with E-state index >= 15 is 0 Å². The summed E-state index contributed by atoms with van der Waals surface area (Å²) in [5.74, 6) is -0.0616. The molecule has 0 atom stereocenters. The van der Waals surface area contributed by atoms with Crippen molar-refractivity contribution in [3.05, 3.63) is 68.0 Å². The van der Waals surface area contributed by atoms with Gasteiger partial charge in [-0.15, -0.1) is 11.3 Å². The van der Waals surface area contributed by atoms with Crippen molar-refractivity contribution in [2.24, 2.45) is 0 Å². The molecule has 5 rings (SSSR count). The number of hydrogen-bond donors (Lipinski definition) is 1. The monoisotopic (exact) mass is 602 g/mol. The molecular weight excluding hydrogens is 579 g/mol. The maximum Gasteiger partial charge on any atom is 0.267 e. The van der Waals surface area contributed by atoms with E-state index in [1.807, 2.05) is 0 Å². The van der Waals surface area contributed by atoms with Gasteiger partial charge in [0.15, 0.2) is 16.7 Å². The molecule has 2 aromatic heterocycles. The Morgan fingerprint density at radius 1 is 1.18 bits per heavy atom. The Bertz CT molecular complexity index is 1710. The van der Waals surface area contributed by atoms with Crippen LogP contribution in [0, 0.1) is 5.82 Å². The number of rotatable bonds is 7. The summed E-state index contributed by atoms with van der Waals surface area (Å²) in [4.78, 5) is 46.7. The highest BCUT2D eigenvalue weighted by Gasteiger charge is 2.27. The first kappa shape index (κ1) is 27.9. The molecule has 4 aromatic rings. The fourth-order valence-electron chi connectivity index (χ4n) is 4.48. The van der Waals surface area contributed by atoms with E-state index in [4.69, 9.17) is 26.1 Å². The molecule has 0 saturated heterocycles. The molecule has 9 nitrogen and oxygen atoms in total. The number of fused-ring (bicyclic) bond motifs is 3. The second-order valence-electron chi connectivity index (χ2n) is 8.91. The first-order valence-corrected chi connectivity index (χ1v) is 14.3. The number of benzene rings is 2. The van der Waals surface area contributed by atoms with Crippen molar-refractivity contribution >= 4 is 62.4 Å². The lowest BCUT2D eigenvalue weighted by molar-refractivity contribution is -0.129. The van der Waals surface area contributed by atoms with E-state index in [1.165, 1.54) is 55.2 Å². The predicted octanol–water partition coefficient (Wildman–Crippen LogP) is 4.89. The van der Waals surface area contributed by atoms with Crippen LogP contribution in [0.15, 0.2) is 46.3 Å². The van der Waals surface area contributed by atoms with Gasteiger partial charge in [-0.2, -0.15) is 0 Å². The quantitative estimate of drug-likeness (QED) is 0.237. The van der Waals surface area contributed by atoms with Gasteiger partial charge >= 0.3 is 0 Å². The molecule has 1 N–H and O–H groups in total. The molecule has 1 aliphatic heterocycles. The molecule has 2 aromatic carbocycles. The summed E-state index contributed by atoms with van der Waals surface area (Å²) in [6, 6.07) is 8.99. The summed E-state index contributed by atoms with van der Waals surface area (Å²) in [5, 5.41) is 3.38. The minimum atomic E-state index is -0.617. The van der Waals surface area contributed by atoms with Crippen molar-refractivity contribution in [3.63, 3.8) is 0 Å². The van der Waals surface area contributed by atoms with E-state index in [9.17, 15) is 18.8 Å². The minimum Gasteiger partial charge on any atom is -0.493 e. The van der Waals surface area contributed by atoms with Crippen molar-refractivity contribution in [2.75, 3.05) is 31.8 Å². The number of nitrogens with zero attached hydrogens (tertiary/aromatic N) is 3. The van der Waals surface area contributed by atoms with Crippen LogP contribution in [-0.2, 0) is 22.6 Å². The molecule has 40 heavy (non-hydrogen) atoms. The molecule has 208 valence electrons. The van der Waals surface area contributed by atoms with Crippen LogP contribution in [-0.4, -0.2) is 52.8 Å². The van der Waals surface area contributed by atoms with Crippen LogP contribution >= 0.6 is 34.7 Å². The Labute approximate surface area is 241 Å². The number of thioether (sulfide) groups is 1. The van der Waals surface area contributed by atoms with Crippen molar-refractivity contribution in [3.8, 4) is 17.2 Å². The summed E-state index contributed by atoms with van der Waals surface area (Å²) in [6.07, 6.45) is 0.524. The average Bonchev–Trinajstić information content (AvgIpc) is 3.31. The van der Waals surface area contributed by atoms with Crippen molar-refractivity contribution in [1.29, 1.82) is 0 Å². The SMILES string of the molecule is COc1ccc(NC(=O)CSc2nc3sc4c(c3c(=O)n2-c2ccc(F)c(Cl)c2)CCN(C(C)=O)C4)cc1OC. The highest BCUT2D eigenvalue weighted by atomic mass is 35.5. The molecule has 2 amide bonds.